The average molecular weight is 264 g/mol. The van der Waals surface area contributed by atoms with Crippen LogP contribution in [0, 0.1) is 22.7 Å². The van der Waals surface area contributed by atoms with Crippen LogP contribution in [0.1, 0.15) is 40.5 Å². The first-order valence-electron chi connectivity index (χ1n) is 6.87. The number of allylic oxidation sites excluding steroid dienone is 1. The lowest BCUT2D eigenvalue weighted by molar-refractivity contribution is -0.152. The molecule has 104 valence electrons. The van der Waals surface area contributed by atoms with Gasteiger partial charge in [0.05, 0.1) is 0 Å². The minimum Gasteiger partial charge on any atom is -0.504 e. The largest absolute Gasteiger partial charge is 0.504 e. The molecule has 0 radical (unpaired) electrons. The number of fused-ring (bicyclic) bond motifs is 1. The number of carbonyl (C=O) groups is 2. The van der Waals surface area contributed by atoms with Gasteiger partial charge in [-0.05, 0) is 31.6 Å². The van der Waals surface area contributed by atoms with Crippen LogP contribution >= 0.6 is 0 Å². The van der Waals surface area contributed by atoms with Crippen molar-refractivity contribution in [2.75, 3.05) is 0 Å². The third kappa shape index (κ3) is 0.939. The Labute approximate surface area is 112 Å². The van der Waals surface area contributed by atoms with E-state index in [0.717, 1.165) is 12.8 Å². The van der Waals surface area contributed by atoms with Crippen molar-refractivity contribution in [2.45, 2.75) is 46.1 Å². The maximum Gasteiger partial charge on any atom is 0.211 e. The third-order valence-corrected chi connectivity index (χ3v) is 6.21. The summed E-state index contributed by atoms with van der Waals surface area (Å²) < 4.78 is 0. The molecule has 0 amide bonds. The van der Waals surface area contributed by atoms with Gasteiger partial charge < -0.3 is 10.2 Å². The van der Waals surface area contributed by atoms with E-state index in [2.05, 4.69) is 0 Å². The van der Waals surface area contributed by atoms with Crippen molar-refractivity contribution in [3.05, 3.63) is 11.3 Å². The fraction of sp³-hybridized carbons (Fsp3) is 0.733. The second kappa shape index (κ2) is 3.11. The zero-order valence-electron chi connectivity index (χ0n) is 11.8. The summed E-state index contributed by atoms with van der Waals surface area (Å²) in [6, 6.07) is 0. The van der Waals surface area contributed by atoms with E-state index in [9.17, 15) is 19.8 Å². The van der Waals surface area contributed by atoms with Gasteiger partial charge in [-0.1, -0.05) is 20.8 Å². The fourth-order valence-electron chi connectivity index (χ4n) is 5.05. The van der Waals surface area contributed by atoms with Gasteiger partial charge in [0.25, 0.3) is 0 Å². The van der Waals surface area contributed by atoms with Gasteiger partial charge in [0.1, 0.15) is 5.41 Å². The number of rotatable bonds is 0. The molecule has 19 heavy (non-hydrogen) atoms. The first-order valence-corrected chi connectivity index (χ1v) is 6.87. The Hall–Kier alpha value is -1.16. The molecule has 1 spiro atoms. The Morgan fingerprint density at radius 2 is 1.79 bits per heavy atom. The number of carbonyl (C=O) groups excluding carboxylic acids is 2. The van der Waals surface area contributed by atoms with E-state index in [1.165, 1.54) is 6.92 Å². The highest BCUT2D eigenvalue weighted by Crippen LogP contribution is 2.70. The summed E-state index contributed by atoms with van der Waals surface area (Å²) in [5.74, 6) is -1.58. The third-order valence-electron chi connectivity index (χ3n) is 6.21. The number of Topliss-reactive ketones (excluding diaryl/α,β-unsaturated/α-hetero) is 2. The topological polar surface area (TPSA) is 74.6 Å². The summed E-state index contributed by atoms with van der Waals surface area (Å²) in [5, 5.41) is 21.1. The zero-order chi connectivity index (χ0) is 14.4. The molecule has 0 aromatic heterocycles. The SMILES string of the molecule is CC1=C(O)C(=O)C23C(=O)C1(O)C(C)(C)C2CCC3C. The second-order valence-corrected chi connectivity index (χ2v) is 6.96. The first kappa shape index (κ1) is 12.9. The van der Waals surface area contributed by atoms with Crippen LogP contribution in [0.2, 0.25) is 0 Å². The highest BCUT2D eigenvalue weighted by Gasteiger charge is 2.80. The molecule has 2 N–H and O–H groups in total. The quantitative estimate of drug-likeness (QED) is 0.654. The van der Waals surface area contributed by atoms with Gasteiger partial charge in [0.15, 0.2) is 17.1 Å². The van der Waals surface area contributed by atoms with Gasteiger partial charge in [-0.2, -0.15) is 0 Å². The molecule has 3 aliphatic rings. The van der Waals surface area contributed by atoms with Gasteiger partial charge in [-0.25, -0.2) is 0 Å². The van der Waals surface area contributed by atoms with Crippen molar-refractivity contribution < 1.29 is 19.8 Å². The minimum atomic E-state index is -1.70. The second-order valence-electron chi connectivity index (χ2n) is 6.96. The summed E-state index contributed by atoms with van der Waals surface area (Å²) >= 11 is 0. The van der Waals surface area contributed by atoms with Crippen LogP contribution in [0.15, 0.2) is 11.3 Å². The number of hydrogen-bond acceptors (Lipinski definition) is 4. The van der Waals surface area contributed by atoms with E-state index in [-0.39, 0.29) is 23.2 Å². The summed E-state index contributed by atoms with van der Waals surface area (Å²) in [6.07, 6.45) is 1.53. The van der Waals surface area contributed by atoms with E-state index in [0.29, 0.717) is 0 Å². The maximum atomic E-state index is 12.9. The lowest BCUT2D eigenvalue weighted by atomic mass is 9.65. The molecule has 2 saturated carbocycles. The predicted molar refractivity (Wildman–Crippen MR) is 68.4 cm³/mol. The highest BCUT2D eigenvalue weighted by molar-refractivity contribution is 6.23. The number of aliphatic hydroxyl groups is 2. The van der Waals surface area contributed by atoms with Gasteiger partial charge in [0, 0.05) is 11.0 Å². The molecule has 3 rings (SSSR count). The Kier molecular flexibility index (Phi) is 2.11. The molecule has 0 aromatic rings. The Morgan fingerprint density at radius 1 is 1.21 bits per heavy atom. The summed E-state index contributed by atoms with van der Waals surface area (Å²) in [6.45, 7) is 7.05. The summed E-state index contributed by atoms with van der Waals surface area (Å²) in [4.78, 5) is 25.5. The summed E-state index contributed by atoms with van der Waals surface area (Å²) in [5.41, 5.74) is -3.51. The predicted octanol–water partition coefficient (Wildman–Crippen LogP) is 1.77. The van der Waals surface area contributed by atoms with Crippen LogP contribution < -0.4 is 0 Å². The highest BCUT2D eigenvalue weighted by atomic mass is 16.3. The summed E-state index contributed by atoms with van der Waals surface area (Å²) in [7, 11) is 0. The van der Waals surface area contributed by atoms with Gasteiger partial charge in [0.2, 0.25) is 5.78 Å². The van der Waals surface area contributed by atoms with E-state index >= 15 is 0 Å². The van der Waals surface area contributed by atoms with Gasteiger partial charge in [-0.3, -0.25) is 9.59 Å². The smallest absolute Gasteiger partial charge is 0.211 e. The molecule has 4 nitrogen and oxygen atoms in total. The van der Waals surface area contributed by atoms with Crippen molar-refractivity contribution in [3.8, 4) is 0 Å². The van der Waals surface area contributed by atoms with Crippen molar-refractivity contribution in [2.24, 2.45) is 22.7 Å². The molecule has 2 bridgehead atoms. The van der Waals surface area contributed by atoms with E-state index in [1.54, 1.807) is 0 Å². The van der Waals surface area contributed by atoms with Crippen molar-refractivity contribution in [1.82, 2.24) is 0 Å². The van der Waals surface area contributed by atoms with Crippen molar-refractivity contribution in [1.29, 1.82) is 0 Å². The van der Waals surface area contributed by atoms with Crippen molar-refractivity contribution >= 4 is 11.6 Å². The van der Waals surface area contributed by atoms with Crippen molar-refractivity contribution in [3.63, 3.8) is 0 Å². The first-order chi connectivity index (χ1) is 8.64. The standard InChI is InChI=1S/C15H20O4/c1-7-5-6-9-13(3,4)15(19)8(2)10(16)11(17)14(7,9)12(15)18/h7,9,16,19H,5-6H2,1-4H3. The number of aliphatic hydroxyl groups excluding tert-OH is 1. The molecule has 2 fully saturated rings. The molecule has 0 saturated heterocycles. The van der Waals surface area contributed by atoms with Crippen LogP contribution in [0.3, 0.4) is 0 Å². The molecule has 4 heteroatoms. The van der Waals surface area contributed by atoms with E-state index in [4.69, 9.17) is 0 Å². The lowest BCUT2D eigenvalue weighted by Crippen LogP contribution is -2.55. The molecule has 0 aromatic carbocycles. The molecule has 0 heterocycles. The maximum absolute atomic E-state index is 12.9. The van der Waals surface area contributed by atoms with Crippen LogP contribution in [0.4, 0.5) is 0 Å². The molecule has 4 unspecified atom stereocenters. The van der Waals surface area contributed by atoms with E-state index in [1.807, 2.05) is 20.8 Å². The zero-order valence-corrected chi connectivity index (χ0v) is 11.8. The number of ketones is 2. The van der Waals surface area contributed by atoms with Crippen LogP contribution in [0.5, 0.6) is 0 Å². The van der Waals surface area contributed by atoms with Crippen LogP contribution in [0.25, 0.3) is 0 Å². The normalized spacial score (nSPS) is 47.8. The Bertz CT molecular complexity index is 544. The van der Waals surface area contributed by atoms with Gasteiger partial charge in [-0.15, -0.1) is 0 Å². The Balaban J connectivity index is 2.42. The number of hydrogen-bond donors (Lipinski definition) is 2. The lowest BCUT2D eigenvalue weighted by Gasteiger charge is -2.39. The molecular formula is C15H20O4. The Morgan fingerprint density at radius 3 is 2.37 bits per heavy atom. The van der Waals surface area contributed by atoms with Gasteiger partial charge >= 0.3 is 0 Å². The minimum absolute atomic E-state index is 0.124. The fourth-order valence-corrected chi connectivity index (χ4v) is 5.05. The van der Waals surface area contributed by atoms with Crippen LogP contribution in [-0.4, -0.2) is 27.4 Å². The van der Waals surface area contributed by atoms with E-state index < -0.39 is 28.0 Å². The molecular weight excluding hydrogens is 244 g/mol. The molecule has 4 atom stereocenters. The van der Waals surface area contributed by atoms with Crippen LogP contribution in [-0.2, 0) is 9.59 Å². The monoisotopic (exact) mass is 264 g/mol. The average Bonchev–Trinajstić information content (AvgIpc) is 2.75. The molecule has 0 aliphatic heterocycles. The molecule has 3 aliphatic carbocycles.